The maximum atomic E-state index is 6.08. The van der Waals surface area contributed by atoms with Gasteiger partial charge in [-0.1, -0.05) is 30.3 Å². The van der Waals surface area contributed by atoms with Crippen molar-refractivity contribution >= 4 is 0 Å². The van der Waals surface area contributed by atoms with Gasteiger partial charge in [0.05, 0.1) is 18.3 Å². The highest BCUT2D eigenvalue weighted by Gasteiger charge is 2.54. The normalized spacial score (nSPS) is 35.1. The summed E-state index contributed by atoms with van der Waals surface area (Å²) in [5.74, 6) is 0. The molecule has 1 aromatic carbocycles. The summed E-state index contributed by atoms with van der Waals surface area (Å²) in [6.07, 6.45) is 0.434. The fourth-order valence-corrected chi connectivity index (χ4v) is 3.01. The summed E-state index contributed by atoms with van der Waals surface area (Å²) in [5, 5.41) is 0. The molecule has 4 nitrogen and oxygen atoms in total. The molecule has 0 spiro atoms. The molecule has 0 unspecified atom stereocenters. The molecule has 0 saturated carbocycles. The molecule has 1 aromatic rings. The van der Waals surface area contributed by atoms with Gasteiger partial charge in [0, 0.05) is 13.5 Å². The smallest absolute Gasteiger partial charge is 0.185 e. The summed E-state index contributed by atoms with van der Waals surface area (Å²) >= 11 is 0. The Hall–Kier alpha value is -0.940. The van der Waals surface area contributed by atoms with Crippen LogP contribution in [0.1, 0.15) is 25.8 Å². The van der Waals surface area contributed by atoms with Crippen molar-refractivity contribution in [3.63, 3.8) is 0 Å². The minimum Gasteiger partial charge on any atom is -0.376 e. The molecule has 2 saturated heterocycles. The molecule has 4 atom stereocenters. The van der Waals surface area contributed by atoms with Gasteiger partial charge in [-0.2, -0.15) is 0 Å². The molecule has 2 aliphatic rings. The van der Waals surface area contributed by atoms with Gasteiger partial charge < -0.3 is 18.9 Å². The molecule has 0 radical (unpaired) electrons. The van der Waals surface area contributed by atoms with Crippen molar-refractivity contribution in [2.45, 2.75) is 57.1 Å². The molecule has 20 heavy (non-hydrogen) atoms. The third-order valence-corrected chi connectivity index (χ3v) is 4.10. The van der Waals surface area contributed by atoms with E-state index in [1.807, 2.05) is 18.2 Å². The van der Waals surface area contributed by atoms with Gasteiger partial charge in [0.25, 0.3) is 0 Å². The number of ether oxygens (including phenoxy) is 4. The molecule has 4 heteroatoms. The number of rotatable bonds is 4. The molecular formula is C16H22O4. The van der Waals surface area contributed by atoms with Crippen LogP contribution in [-0.2, 0) is 25.6 Å². The Morgan fingerprint density at radius 2 is 1.95 bits per heavy atom. The number of methoxy groups -OCH3 is 1. The fraction of sp³-hybridized carbons (Fsp3) is 0.625. The molecule has 2 aliphatic heterocycles. The zero-order chi connectivity index (χ0) is 14.2. The molecule has 0 aromatic heterocycles. The maximum Gasteiger partial charge on any atom is 0.185 e. The first-order chi connectivity index (χ1) is 9.60. The van der Waals surface area contributed by atoms with Gasteiger partial charge in [-0.25, -0.2) is 0 Å². The summed E-state index contributed by atoms with van der Waals surface area (Å²) in [6, 6.07) is 10.2. The van der Waals surface area contributed by atoms with E-state index in [4.69, 9.17) is 18.9 Å². The van der Waals surface area contributed by atoms with Gasteiger partial charge in [-0.15, -0.1) is 0 Å². The van der Waals surface area contributed by atoms with E-state index in [1.54, 1.807) is 7.11 Å². The molecule has 2 fully saturated rings. The van der Waals surface area contributed by atoms with Crippen molar-refractivity contribution in [3.05, 3.63) is 35.9 Å². The fourth-order valence-electron chi connectivity index (χ4n) is 3.01. The van der Waals surface area contributed by atoms with Crippen LogP contribution in [0, 0.1) is 0 Å². The predicted octanol–water partition coefficient (Wildman–Crippen LogP) is 2.51. The van der Waals surface area contributed by atoms with Gasteiger partial charge >= 0.3 is 0 Å². The van der Waals surface area contributed by atoms with Crippen LogP contribution in [0.15, 0.2) is 30.3 Å². The van der Waals surface area contributed by atoms with E-state index in [9.17, 15) is 0 Å². The van der Waals surface area contributed by atoms with Crippen LogP contribution >= 0.6 is 0 Å². The summed E-state index contributed by atoms with van der Waals surface area (Å²) in [7, 11) is 1.69. The molecule has 0 amide bonds. The topological polar surface area (TPSA) is 36.9 Å². The molecule has 2 bridgehead atoms. The molecule has 0 aliphatic carbocycles. The zero-order valence-electron chi connectivity index (χ0n) is 12.2. The second-order valence-electron chi connectivity index (χ2n) is 5.99. The molecule has 0 N–H and O–H groups in total. The predicted molar refractivity (Wildman–Crippen MR) is 74.3 cm³/mol. The van der Waals surface area contributed by atoms with Gasteiger partial charge in [0.15, 0.2) is 6.29 Å². The Bertz CT molecular complexity index is 445. The van der Waals surface area contributed by atoms with Crippen LogP contribution in [0.3, 0.4) is 0 Å². The summed E-state index contributed by atoms with van der Waals surface area (Å²) in [4.78, 5) is 0. The maximum absolute atomic E-state index is 6.08. The van der Waals surface area contributed by atoms with Crippen LogP contribution in [0.2, 0.25) is 0 Å². The van der Waals surface area contributed by atoms with E-state index in [-0.39, 0.29) is 30.2 Å². The molecule has 110 valence electrons. The zero-order valence-corrected chi connectivity index (χ0v) is 12.2. The number of benzene rings is 1. The first-order valence-corrected chi connectivity index (χ1v) is 7.12. The van der Waals surface area contributed by atoms with Crippen molar-refractivity contribution in [1.82, 2.24) is 0 Å². The van der Waals surface area contributed by atoms with E-state index in [0.717, 1.165) is 6.42 Å². The Morgan fingerprint density at radius 3 is 2.65 bits per heavy atom. The first-order valence-electron chi connectivity index (χ1n) is 7.12. The van der Waals surface area contributed by atoms with Crippen molar-refractivity contribution < 1.29 is 18.9 Å². The van der Waals surface area contributed by atoms with E-state index in [1.165, 1.54) is 5.56 Å². The molecule has 2 heterocycles. The summed E-state index contributed by atoms with van der Waals surface area (Å²) < 4.78 is 23.4. The van der Waals surface area contributed by atoms with Crippen LogP contribution in [0.25, 0.3) is 0 Å². The number of fused-ring (bicyclic) bond motifs is 2. The molecule has 3 rings (SSSR count). The number of hydrogen-bond acceptors (Lipinski definition) is 4. The van der Waals surface area contributed by atoms with Crippen LogP contribution in [-0.4, -0.2) is 37.3 Å². The van der Waals surface area contributed by atoms with Gasteiger partial charge in [-0.05, 0) is 19.4 Å². The summed E-state index contributed by atoms with van der Waals surface area (Å²) in [5.41, 5.74) is 0.833. The minimum absolute atomic E-state index is 0.00564. The minimum atomic E-state index is -0.334. The van der Waals surface area contributed by atoms with Crippen LogP contribution in [0.4, 0.5) is 0 Å². The summed E-state index contributed by atoms with van der Waals surface area (Å²) in [6.45, 7) is 4.69. The standard InChI is InChI=1S/C16H22O4/c1-16(2)14-12(9-13(17-3)15(19-14)20-16)18-10-11-7-5-4-6-8-11/h4-8,12-15H,9-10H2,1-3H3/t12-,13+,14+,15+/m0/s1. The van der Waals surface area contributed by atoms with E-state index >= 15 is 0 Å². The van der Waals surface area contributed by atoms with Gasteiger partial charge in [0.1, 0.15) is 12.2 Å². The van der Waals surface area contributed by atoms with Gasteiger partial charge in [0.2, 0.25) is 0 Å². The highest BCUT2D eigenvalue weighted by atomic mass is 16.8. The van der Waals surface area contributed by atoms with E-state index in [0.29, 0.717) is 6.61 Å². The lowest BCUT2D eigenvalue weighted by molar-refractivity contribution is -0.201. The lowest BCUT2D eigenvalue weighted by Gasteiger charge is -2.34. The highest BCUT2D eigenvalue weighted by molar-refractivity contribution is 5.13. The quantitative estimate of drug-likeness (QED) is 0.848. The Morgan fingerprint density at radius 1 is 1.20 bits per heavy atom. The Balaban J connectivity index is 1.68. The monoisotopic (exact) mass is 278 g/mol. The SMILES string of the molecule is CO[C@@H]1C[C@H](OCc2ccccc2)[C@H]2O[C@@H]1OC2(C)C. The van der Waals surface area contributed by atoms with Crippen molar-refractivity contribution in [2.75, 3.05) is 7.11 Å². The average molecular weight is 278 g/mol. The van der Waals surface area contributed by atoms with Crippen molar-refractivity contribution in [1.29, 1.82) is 0 Å². The average Bonchev–Trinajstić information content (AvgIpc) is 2.72. The van der Waals surface area contributed by atoms with E-state index in [2.05, 4.69) is 26.0 Å². The number of hydrogen-bond donors (Lipinski definition) is 0. The Labute approximate surface area is 120 Å². The largest absolute Gasteiger partial charge is 0.376 e. The third kappa shape index (κ3) is 2.61. The van der Waals surface area contributed by atoms with E-state index < -0.39 is 0 Å². The van der Waals surface area contributed by atoms with Crippen molar-refractivity contribution in [3.8, 4) is 0 Å². The second-order valence-corrected chi connectivity index (χ2v) is 5.99. The lowest BCUT2D eigenvalue weighted by Crippen LogP contribution is -2.47. The third-order valence-electron chi connectivity index (χ3n) is 4.10. The first kappa shape index (κ1) is 14.0. The second kappa shape index (κ2) is 5.45. The lowest BCUT2D eigenvalue weighted by atomic mass is 9.93. The van der Waals surface area contributed by atoms with Crippen LogP contribution < -0.4 is 0 Å². The Kier molecular flexibility index (Phi) is 3.82. The highest BCUT2D eigenvalue weighted by Crippen LogP contribution is 2.41. The molecular weight excluding hydrogens is 256 g/mol. The van der Waals surface area contributed by atoms with Gasteiger partial charge in [-0.3, -0.25) is 0 Å². The van der Waals surface area contributed by atoms with Crippen LogP contribution in [0.5, 0.6) is 0 Å². The van der Waals surface area contributed by atoms with Crippen molar-refractivity contribution in [2.24, 2.45) is 0 Å².